The lowest BCUT2D eigenvalue weighted by molar-refractivity contribution is 1.18. The predicted octanol–water partition coefficient (Wildman–Crippen LogP) is 14.7. The van der Waals surface area contributed by atoms with Crippen molar-refractivity contribution in [2.75, 3.05) is 4.90 Å². The molecule has 268 valence electrons. The van der Waals surface area contributed by atoms with Crippen LogP contribution >= 0.6 is 0 Å². The number of fused-ring (bicyclic) bond motifs is 6. The Morgan fingerprint density at radius 2 is 0.614 bits per heavy atom. The van der Waals surface area contributed by atoms with Crippen LogP contribution in [-0.2, 0) is 0 Å². The maximum absolute atomic E-state index is 2.38. The monoisotopic (exact) mass is 727 g/mol. The van der Waals surface area contributed by atoms with Crippen LogP contribution < -0.4 is 4.90 Å². The highest BCUT2D eigenvalue weighted by Gasteiger charge is 2.19. The molecule has 0 fully saturated rings. The summed E-state index contributed by atoms with van der Waals surface area (Å²) in [7, 11) is 0. The summed E-state index contributed by atoms with van der Waals surface area (Å²) in [6, 6.07) is 81.2. The van der Waals surface area contributed by atoms with Gasteiger partial charge in [-0.15, -0.1) is 0 Å². The Kier molecular flexibility index (Phi) is 7.82. The molecule has 0 unspecified atom stereocenters. The van der Waals surface area contributed by atoms with E-state index in [1.807, 2.05) is 0 Å². The van der Waals surface area contributed by atoms with Crippen LogP contribution in [0.15, 0.2) is 224 Å². The third-order valence-electron chi connectivity index (χ3n) is 11.2. The van der Waals surface area contributed by atoms with Crippen LogP contribution in [-0.4, -0.2) is 9.13 Å². The number of nitrogens with zero attached hydrogens (tertiary/aromatic N) is 3. The Balaban J connectivity index is 1.15. The van der Waals surface area contributed by atoms with Crippen LogP contribution in [0.2, 0.25) is 0 Å². The first-order valence-electron chi connectivity index (χ1n) is 19.5. The van der Waals surface area contributed by atoms with Crippen molar-refractivity contribution >= 4 is 60.7 Å². The second-order valence-corrected chi connectivity index (χ2v) is 14.6. The molecular weight excluding hydrogens is 691 g/mol. The molecule has 0 aliphatic rings. The zero-order valence-electron chi connectivity index (χ0n) is 31.2. The van der Waals surface area contributed by atoms with Crippen molar-refractivity contribution in [1.29, 1.82) is 0 Å². The molecule has 0 amide bonds. The van der Waals surface area contributed by atoms with E-state index in [1.54, 1.807) is 0 Å². The van der Waals surface area contributed by atoms with Gasteiger partial charge in [-0.05, 0) is 125 Å². The van der Waals surface area contributed by atoms with Gasteiger partial charge in [0.15, 0.2) is 0 Å². The Morgan fingerprint density at radius 1 is 0.246 bits per heavy atom. The molecule has 57 heavy (non-hydrogen) atoms. The standard InChI is InChI=1S/C54H37N3/c1-5-17-42(18-6-1)55(43-19-7-2-8-20-43)46-34-40(38-29-31-53-49(36-38)47-25-13-15-27-51(47)56(53)44-21-9-3-10-22-44)33-41(35-46)39-30-32-54-50(37-39)48-26-14-16-28-52(48)57(54)45-23-11-4-12-24-45/h1-37H. The molecule has 0 atom stereocenters. The summed E-state index contributed by atoms with van der Waals surface area (Å²) < 4.78 is 4.76. The van der Waals surface area contributed by atoms with Crippen LogP contribution in [0.25, 0.3) is 77.2 Å². The second kappa shape index (κ2) is 13.6. The quantitative estimate of drug-likeness (QED) is 0.159. The number of benzene rings is 9. The zero-order chi connectivity index (χ0) is 37.7. The lowest BCUT2D eigenvalue weighted by Crippen LogP contribution is -2.10. The number of aromatic nitrogens is 2. The molecule has 2 aromatic heterocycles. The topological polar surface area (TPSA) is 13.1 Å². The van der Waals surface area contributed by atoms with Gasteiger partial charge in [0.1, 0.15) is 0 Å². The van der Waals surface area contributed by atoms with Gasteiger partial charge in [-0.1, -0.05) is 121 Å². The van der Waals surface area contributed by atoms with Gasteiger partial charge in [-0.3, -0.25) is 0 Å². The molecule has 0 saturated heterocycles. The molecule has 3 heteroatoms. The zero-order valence-corrected chi connectivity index (χ0v) is 31.2. The van der Waals surface area contributed by atoms with Crippen LogP contribution in [0.1, 0.15) is 0 Å². The SMILES string of the molecule is c1ccc(N(c2ccccc2)c2cc(-c3ccc4c(c3)c3ccccc3n4-c3ccccc3)cc(-c3ccc4c(c3)c3ccccc3n4-c3ccccc3)c2)cc1. The lowest BCUT2D eigenvalue weighted by atomic mass is 9.95. The van der Waals surface area contributed by atoms with E-state index in [4.69, 9.17) is 0 Å². The van der Waals surface area contributed by atoms with Gasteiger partial charge in [0, 0.05) is 50.0 Å². The number of rotatable bonds is 7. The summed E-state index contributed by atoms with van der Waals surface area (Å²) in [5.41, 5.74) is 15.1. The van der Waals surface area contributed by atoms with Crippen molar-refractivity contribution in [1.82, 2.24) is 9.13 Å². The smallest absolute Gasteiger partial charge is 0.0541 e. The van der Waals surface area contributed by atoms with E-state index in [-0.39, 0.29) is 0 Å². The Bertz CT molecular complexity index is 3000. The molecule has 3 nitrogen and oxygen atoms in total. The first-order chi connectivity index (χ1) is 28.3. The molecule has 2 heterocycles. The normalized spacial score (nSPS) is 11.5. The van der Waals surface area contributed by atoms with E-state index in [2.05, 4.69) is 238 Å². The fraction of sp³-hybridized carbons (Fsp3) is 0. The average molecular weight is 728 g/mol. The van der Waals surface area contributed by atoms with E-state index in [1.165, 1.54) is 54.7 Å². The highest BCUT2D eigenvalue weighted by molar-refractivity contribution is 6.12. The number of hydrogen-bond donors (Lipinski definition) is 0. The number of hydrogen-bond acceptors (Lipinski definition) is 1. The molecular formula is C54H37N3. The highest BCUT2D eigenvalue weighted by Crippen LogP contribution is 2.42. The van der Waals surface area contributed by atoms with Crippen LogP contribution in [0, 0.1) is 0 Å². The minimum absolute atomic E-state index is 1.10. The van der Waals surface area contributed by atoms with E-state index in [0.717, 1.165) is 39.6 Å². The van der Waals surface area contributed by atoms with E-state index in [0.29, 0.717) is 0 Å². The Hall–Kier alpha value is -7.62. The van der Waals surface area contributed by atoms with E-state index >= 15 is 0 Å². The molecule has 0 aliphatic heterocycles. The first-order valence-corrected chi connectivity index (χ1v) is 19.5. The molecule has 0 N–H and O–H groups in total. The molecule has 0 spiro atoms. The molecule has 0 saturated carbocycles. The third kappa shape index (κ3) is 5.60. The summed E-state index contributed by atoms with van der Waals surface area (Å²) in [4.78, 5) is 2.37. The van der Waals surface area contributed by atoms with Crippen LogP contribution in [0.4, 0.5) is 17.1 Å². The third-order valence-corrected chi connectivity index (χ3v) is 11.2. The second-order valence-electron chi connectivity index (χ2n) is 14.6. The summed E-state index contributed by atoms with van der Waals surface area (Å²) in [6.07, 6.45) is 0. The average Bonchev–Trinajstić information content (AvgIpc) is 3.80. The predicted molar refractivity (Wildman–Crippen MR) is 241 cm³/mol. The van der Waals surface area contributed by atoms with Gasteiger partial charge in [0.05, 0.1) is 22.1 Å². The minimum Gasteiger partial charge on any atom is -0.310 e. The minimum atomic E-state index is 1.10. The van der Waals surface area contributed by atoms with Crippen molar-refractivity contribution in [3.8, 4) is 33.6 Å². The van der Waals surface area contributed by atoms with Gasteiger partial charge in [-0.2, -0.15) is 0 Å². The van der Waals surface area contributed by atoms with E-state index in [9.17, 15) is 0 Å². The number of para-hydroxylation sites is 6. The van der Waals surface area contributed by atoms with Gasteiger partial charge < -0.3 is 14.0 Å². The summed E-state index contributed by atoms with van der Waals surface area (Å²) in [5, 5.41) is 4.95. The van der Waals surface area contributed by atoms with Crippen molar-refractivity contribution < 1.29 is 0 Å². The van der Waals surface area contributed by atoms with Gasteiger partial charge >= 0.3 is 0 Å². The van der Waals surface area contributed by atoms with Crippen molar-refractivity contribution in [2.24, 2.45) is 0 Å². The van der Waals surface area contributed by atoms with Crippen molar-refractivity contribution in [2.45, 2.75) is 0 Å². The van der Waals surface area contributed by atoms with Gasteiger partial charge in [-0.25, -0.2) is 0 Å². The molecule has 11 rings (SSSR count). The fourth-order valence-corrected chi connectivity index (χ4v) is 8.69. The molecule has 9 aromatic carbocycles. The molecule has 11 aromatic rings. The van der Waals surface area contributed by atoms with Crippen LogP contribution in [0.5, 0.6) is 0 Å². The maximum atomic E-state index is 2.38. The highest BCUT2D eigenvalue weighted by atomic mass is 15.1. The number of anilines is 3. The van der Waals surface area contributed by atoms with Gasteiger partial charge in [0.2, 0.25) is 0 Å². The fourth-order valence-electron chi connectivity index (χ4n) is 8.69. The first kappa shape index (κ1) is 32.8. The Labute approximate surface area is 331 Å². The lowest BCUT2D eigenvalue weighted by Gasteiger charge is -2.27. The van der Waals surface area contributed by atoms with E-state index < -0.39 is 0 Å². The van der Waals surface area contributed by atoms with Crippen molar-refractivity contribution in [3.63, 3.8) is 0 Å². The summed E-state index contributed by atoms with van der Waals surface area (Å²) >= 11 is 0. The molecule has 0 aliphatic carbocycles. The maximum Gasteiger partial charge on any atom is 0.0541 e. The van der Waals surface area contributed by atoms with Crippen LogP contribution in [0.3, 0.4) is 0 Å². The van der Waals surface area contributed by atoms with Gasteiger partial charge in [0.25, 0.3) is 0 Å². The largest absolute Gasteiger partial charge is 0.310 e. The molecule has 0 bridgehead atoms. The summed E-state index contributed by atoms with van der Waals surface area (Å²) in [5.74, 6) is 0. The Morgan fingerprint density at radius 3 is 1.05 bits per heavy atom. The van der Waals surface area contributed by atoms with Crippen molar-refractivity contribution in [3.05, 3.63) is 224 Å². The molecule has 0 radical (unpaired) electrons. The summed E-state index contributed by atoms with van der Waals surface area (Å²) in [6.45, 7) is 0.